The molecule has 27 heavy (non-hydrogen) atoms. The normalized spacial score (nSPS) is 11.1. The van der Waals surface area contributed by atoms with Crippen molar-refractivity contribution in [2.24, 2.45) is 0 Å². The molecule has 0 aliphatic carbocycles. The first-order valence-corrected chi connectivity index (χ1v) is 8.67. The maximum atomic E-state index is 6.38. The molecule has 5 heteroatoms. The zero-order valence-corrected chi connectivity index (χ0v) is 14.6. The third-order valence-electron chi connectivity index (χ3n) is 4.11. The molecule has 0 radical (unpaired) electrons. The summed E-state index contributed by atoms with van der Waals surface area (Å²) in [4.78, 5) is 0. The molecule has 0 atom stereocenters. The summed E-state index contributed by atoms with van der Waals surface area (Å²) in [5.74, 6) is 1.40. The van der Waals surface area contributed by atoms with Gasteiger partial charge in [-0.15, -0.1) is 5.10 Å². The summed E-state index contributed by atoms with van der Waals surface area (Å²) in [6.07, 6.45) is 3.59. The Kier molecular flexibility index (Phi) is 5.02. The minimum Gasteiger partial charge on any atom is -0.481 e. The molecule has 132 valence electrons. The predicted octanol–water partition coefficient (Wildman–Crippen LogP) is 4.54. The minimum atomic E-state index is -0.176. The van der Waals surface area contributed by atoms with Gasteiger partial charge in [0, 0.05) is 0 Å². The molecule has 5 nitrogen and oxygen atoms in total. The highest BCUT2D eigenvalue weighted by atomic mass is 16.5. The standard InChI is InChI=1S/C22H18N4O/c1-3-9-18(10-4-1)22(19-11-5-2-6-12-19)27-20-13-7-8-17(16-20)14-15-21-23-25-26-24-21/h1-16,22H,(H,23,24,25,26)/b15-14+. The van der Waals surface area contributed by atoms with E-state index in [1.54, 1.807) is 0 Å². The molecule has 1 aromatic heterocycles. The minimum absolute atomic E-state index is 0.176. The lowest BCUT2D eigenvalue weighted by atomic mass is 10.0. The summed E-state index contributed by atoms with van der Waals surface area (Å²) < 4.78 is 6.38. The van der Waals surface area contributed by atoms with Crippen molar-refractivity contribution in [1.29, 1.82) is 0 Å². The molecule has 0 fully saturated rings. The number of aromatic nitrogens is 4. The summed E-state index contributed by atoms with van der Waals surface area (Å²) in [6.45, 7) is 0. The summed E-state index contributed by atoms with van der Waals surface area (Å²) >= 11 is 0. The molecule has 0 amide bonds. The van der Waals surface area contributed by atoms with E-state index in [1.807, 2.05) is 72.8 Å². The van der Waals surface area contributed by atoms with Gasteiger partial charge in [-0.25, -0.2) is 5.10 Å². The van der Waals surface area contributed by atoms with Gasteiger partial charge in [0.25, 0.3) is 0 Å². The van der Waals surface area contributed by atoms with Crippen molar-refractivity contribution in [3.05, 3.63) is 107 Å². The molecule has 1 heterocycles. The van der Waals surface area contributed by atoms with Crippen LogP contribution in [0.1, 0.15) is 28.6 Å². The number of hydrogen-bond donors (Lipinski definition) is 1. The number of aromatic amines is 1. The van der Waals surface area contributed by atoms with E-state index in [0.29, 0.717) is 5.82 Å². The Bertz CT molecular complexity index is 959. The average molecular weight is 354 g/mol. The smallest absolute Gasteiger partial charge is 0.172 e. The van der Waals surface area contributed by atoms with Gasteiger partial charge in [-0.05, 0) is 45.3 Å². The van der Waals surface area contributed by atoms with Gasteiger partial charge in [-0.3, -0.25) is 0 Å². The van der Waals surface area contributed by atoms with Gasteiger partial charge in [0.2, 0.25) is 0 Å². The van der Waals surface area contributed by atoms with Crippen LogP contribution in [-0.4, -0.2) is 20.6 Å². The molecule has 4 rings (SSSR count). The fraction of sp³-hybridized carbons (Fsp3) is 0.0455. The number of nitrogens with zero attached hydrogens (tertiary/aromatic N) is 3. The molecule has 0 spiro atoms. The molecule has 0 unspecified atom stereocenters. The van der Waals surface area contributed by atoms with Crippen LogP contribution in [0.2, 0.25) is 0 Å². The van der Waals surface area contributed by atoms with Gasteiger partial charge >= 0.3 is 0 Å². The van der Waals surface area contributed by atoms with E-state index in [2.05, 4.69) is 44.9 Å². The Morgan fingerprint density at radius 1 is 0.778 bits per heavy atom. The predicted molar refractivity (Wildman–Crippen MR) is 105 cm³/mol. The quantitative estimate of drug-likeness (QED) is 0.552. The maximum Gasteiger partial charge on any atom is 0.172 e. The van der Waals surface area contributed by atoms with Crippen LogP contribution in [0.5, 0.6) is 5.75 Å². The van der Waals surface area contributed by atoms with Gasteiger partial charge in [-0.2, -0.15) is 0 Å². The van der Waals surface area contributed by atoms with Crippen LogP contribution in [0.3, 0.4) is 0 Å². The summed E-state index contributed by atoms with van der Waals surface area (Å²) in [7, 11) is 0. The molecular formula is C22H18N4O. The lowest BCUT2D eigenvalue weighted by Gasteiger charge is -2.20. The van der Waals surface area contributed by atoms with Gasteiger partial charge in [-0.1, -0.05) is 78.9 Å². The van der Waals surface area contributed by atoms with Crippen LogP contribution in [0, 0.1) is 0 Å². The number of hydrogen-bond acceptors (Lipinski definition) is 4. The number of H-pyrrole nitrogens is 1. The van der Waals surface area contributed by atoms with Gasteiger partial charge in [0.15, 0.2) is 5.82 Å². The first kappa shape index (κ1) is 16.7. The fourth-order valence-corrected chi connectivity index (χ4v) is 2.82. The van der Waals surface area contributed by atoms with E-state index >= 15 is 0 Å². The highest BCUT2D eigenvalue weighted by Gasteiger charge is 2.15. The second kappa shape index (κ2) is 8.10. The van der Waals surface area contributed by atoms with E-state index in [1.165, 1.54) is 0 Å². The summed E-state index contributed by atoms with van der Waals surface area (Å²) in [5.41, 5.74) is 3.22. The van der Waals surface area contributed by atoms with E-state index in [-0.39, 0.29) is 6.10 Å². The van der Waals surface area contributed by atoms with Crippen LogP contribution in [0.25, 0.3) is 12.2 Å². The molecule has 0 aliphatic heterocycles. The zero-order valence-electron chi connectivity index (χ0n) is 14.6. The second-order valence-corrected chi connectivity index (χ2v) is 6.01. The van der Waals surface area contributed by atoms with Crippen molar-refractivity contribution in [2.75, 3.05) is 0 Å². The molecule has 0 bridgehead atoms. The Morgan fingerprint density at radius 3 is 2.11 bits per heavy atom. The molecule has 1 N–H and O–H groups in total. The third kappa shape index (κ3) is 4.27. The van der Waals surface area contributed by atoms with Gasteiger partial charge in [0.1, 0.15) is 11.9 Å². The van der Waals surface area contributed by atoms with Crippen molar-refractivity contribution >= 4 is 12.2 Å². The number of rotatable bonds is 6. The summed E-state index contributed by atoms with van der Waals surface area (Å²) in [5, 5.41) is 13.7. The van der Waals surface area contributed by atoms with Crippen LogP contribution in [0.4, 0.5) is 0 Å². The Morgan fingerprint density at radius 2 is 1.48 bits per heavy atom. The molecule has 0 saturated carbocycles. The van der Waals surface area contributed by atoms with Gasteiger partial charge < -0.3 is 4.74 Å². The van der Waals surface area contributed by atoms with E-state index < -0.39 is 0 Å². The van der Waals surface area contributed by atoms with Crippen molar-refractivity contribution in [2.45, 2.75) is 6.10 Å². The van der Waals surface area contributed by atoms with E-state index in [0.717, 1.165) is 22.4 Å². The number of tetrazole rings is 1. The Balaban J connectivity index is 1.61. The van der Waals surface area contributed by atoms with Crippen LogP contribution in [0.15, 0.2) is 84.9 Å². The first-order valence-electron chi connectivity index (χ1n) is 8.67. The van der Waals surface area contributed by atoms with Crippen molar-refractivity contribution in [3.63, 3.8) is 0 Å². The van der Waals surface area contributed by atoms with E-state index in [9.17, 15) is 0 Å². The van der Waals surface area contributed by atoms with E-state index in [4.69, 9.17) is 4.74 Å². The number of nitrogens with one attached hydrogen (secondary N) is 1. The first-order chi connectivity index (χ1) is 13.4. The second-order valence-electron chi connectivity index (χ2n) is 6.01. The third-order valence-corrected chi connectivity index (χ3v) is 4.11. The molecule has 4 aromatic rings. The fourth-order valence-electron chi connectivity index (χ4n) is 2.82. The van der Waals surface area contributed by atoms with Crippen LogP contribution >= 0.6 is 0 Å². The molecule has 0 saturated heterocycles. The van der Waals surface area contributed by atoms with Crippen molar-refractivity contribution < 1.29 is 4.74 Å². The zero-order chi connectivity index (χ0) is 18.3. The van der Waals surface area contributed by atoms with Crippen molar-refractivity contribution in [3.8, 4) is 5.75 Å². The number of ether oxygens (including phenoxy) is 1. The molecular weight excluding hydrogens is 336 g/mol. The highest BCUT2D eigenvalue weighted by Crippen LogP contribution is 2.29. The SMILES string of the molecule is C(=C\c1nnn[nH]1)/c1cccc(OC(c2ccccc2)c2ccccc2)c1. The van der Waals surface area contributed by atoms with Crippen molar-refractivity contribution in [1.82, 2.24) is 20.6 Å². The monoisotopic (exact) mass is 354 g/mol. The Hall–Kier alpha value is -3.73. The number of benzene rings is 3. The highest BCUT2D eigenvalue weighted by molar-refractivity contribution is 5.67. The van der Waals surface area contributed by atoms with Gasteiger partial charge in [0.05, 0.1) is 0 Å². The lowest BCUT2D eigenvalue weighted by molar-refractivity contribution is 0.247. The van der Waals surface area contributed by atoms with Crippen LogP contribution in [-0.2, 0) is 0 Å². The Labute approximate surface area is 157 Å². The maximum absolute atomic E-state index is 6.38. The average Bonchev–Trinajstić information content (AvgIpc) is 3.26. The topological polar surface area (TPSA) is 63.7 Å². The summed E-state index contributed by atoms with van der Waals surface area (Å²) in [6, 6.07) is 28.4. The molecule has 3 aromatic carbocycles. The largest absolute Gasteiger partial charge is 0.481 e. The lowest BCUT2D eigenvalue weighted by Crippen LogP contribution is -2.09. The van der Waals surface area contributed by atoms with Crippen LogP contribution < -0.4 is 4.74 Å². The molecule has 0 aliphatic rings.